The fraction of sp³-hybridized carbons (Fsp3) is 0.455. The lowest BCUT2D eigenvalue weighted by Gasteiger charge is -2.11. The normalized spacial score (nSPS) is 15.1. The van der Waals surface area contributed by atoms with Crippen LogP contribution < -0.4 is 16.2 Å². The van der Waals surface area contributed by atoms with Gasteiger partial charge in [0.15, 0.2) is 0 Å². The third-order valence-electron chi connectivity index (χ3n) is 2.53. The molecule has 1 fully saturated rings. The van der Waals surface area contributed by atoms with Crippen molar-refractivity contribution >= 4 is 11.7 Å². The molecular weight excluding hydrogens is 263 g/mol. The molecule has 1 heterocycles. The van der Waals surface area contributed by atoms with Gasteiger partial charge in [-0.25, -0.2) is 4.79 Å². The first-order valence-corrected chi connectivity index (χ1v) is 5.69. The minimum absolute atomic E-state index is 0.0983. The second-order valence-electron chi connectivity index (χ2n) is 4.34. The Labute approximate surface area is 106 Å². The van der Waals surface area contributed by atoms with Gasteiger partial charge in [-0.2, -0.15) is 13.2 Å². The van der Waals surface area contributed by atoms with Crippen LogP contribution in [0.1, 0.15) is 12.8 Å². The fourth-order valence-corrected chi connectivity index (χ4v) is 1.52. The lowest BCUT2D eigenvalue weighted by atomic mass is 10.4. The van der Waals surface area contributed by atoms with E-state index in [0.29, 0.717) is 4.57 Å². The van der Waals surface area contributed by atoms with Crippen molar-refractivity contribution in [3.8, 4) is 0 Å². The monoisotopic (exact) mass is 275 g/mol. The molecule has 19 heavy (non-hydrogen) atoms. The Morgan fingerprint density at radius 1 is 1.42 bits per heavy atom. The Balaban J connectivity index is 2.10. The predicted octanol–water partition coefficient (Wildman–Crippen LogP) is 1.69. The predicted molar refractivity (Wildman–Crippen MR) is 61.9 cm³/mol. The molecule has 0 spiro atoms. The van der Waals surface area contributed by atoms with E-state index in [0.717, 1.165) is 19.0 Å². The second kappa shape index (κ2) is 4.94. The zero-order valence-corrected chi connectivity index (χ0v) is 9.83. The van der Waals surface area contributed by atoms with Gasteiger partial charge in [-0.1, -0.05) is 0 Å². The molecule has 1 aliphatic rings. The number of nitrogens with one attached hydrogen (secondary N) is 2. The average molecular weight is 275 g/mol. The summed E-state index contributed by atoms with van der Waals surface area (Å²) in [6.45, 7) is -1.38. The minimum atomic E-state index is -4.49. The third kappa shape index (κ3) is 4.01. The molecule has 0 aliphatic heterocycles. The molecule has 1 aromatic heterocycles. The van der Waals surface area contributed by atoms with Crippen molar-refractivity contribution in [2.75, 3.05) is 5.32 Å². The maximum absolute atomic E-state index is 12.2. The van der Waals surface area contributed by atoms with Gasteiger partial charge in [0.05, 0.1) is 0 Å². The van der Waals surface area contributed by atoms with Crippen LogP contribution in [0.4, 0.5) is 23.7 Å². The molecule has 0 saturated heterocycles. The number of carbonyl (C=O) groups excluding carboxylic acids is 1. The van der Waals surface area contributed by atoms with Crippen molar-refractivity contribution in [3.63, 3.8) is 0 Å². The summed E-state index contributed by atoms with van der Waals surface area (Å²) in [5.41, 5.74) is -1.06. The maximum Gasteiger partial charge on any atom is 0.406 e. The Bertz CT molecular complexity index is 535. The summed E-state index contributed by atoms with van der Waals surface area (Å²) in [7, 11) is 0. The lowest BCUT2D eigenvalue weighted by molar-refractivity contribution is -0.141. The molecule has 2 N–H and O–H groups in total. The number of urea groups is 1. The van der Waals surface area contributed by atoms with E-state index in [2.05, 4.69) is 10.6 Å². The van der Waals surface area contributed by atoms with Crippen molar-refractivity contribution in [1.29, 1.82) is 0 Å². The van der Waals surface area contributed by atoms with E-state index in [1.807, 2.05) is 0 Å². The molecule has 2 rings (SSSR count). The van der Waals surface area contributed by atoms with Gasteiger partial charge < -0.3 is 15.2 Å². The van der Waals surface area contributed by atoms with Crippen LogP contribution in [0.25, 0.3) is 0 Å². The van der Waals surface area contributed by atoms with Crippen molar-refractivity contribution in [2.45, 2.75) is 31.6 Å². The number of nitrogens with zero attached hydrogens (tertiary/aromatic N) is 1. The number of alkyl halides is 3. The molecule has 1 aliphatic carbocycles. The average Bonchev–Trinajstić information content (AvgIpc) is 3.06. The van der Waals surface area contributed by atoms with E-state index in [4.69, 9.17) is 0 Å². The Hall–Kier alpha value is -1.99. The summed E-state index contributed by atoms with van der Waals surface area (Å²) >= 11 is 0. The molecular formula is C11H12F3N3O2. The van der Waals surface area contributed by atoms with E-state index in [9.17, 15) is 22.8 Å². The zero-order valence-electron chi connectivity index (χ0n) is 9.83. The molecule has 0 radical (unpaired) electrons. The highest BCUT2D eigenvalue weighted by Crippen LogP contribution is 2.19. The third-order valence-corrected chi connectivity index (χ3v) is 2.53. The second-order valence-corrected chi connectivity index (χ2v) is 4.34. The molecule has 0 atom stereocenters. The van der Waals surface area contributed by atoms with E-state index in [-0.39, 0.29) is 11.7 Å². The van der Waals surface area contributed by atoms with Gasteiger partial charge in [0, 0.05) is 12.2 Å². The number of halogens is 3. The summed E-state index contributed by atoms with van der Waals surface area (Å²) in [5.74, 6) is 0. The number of hydrogen-bond acceptors (Lipinski definition) is 2. The summed E-state index contributed by atoms with van der Waals surface area (Å²) in [4.78, 5) is 23.1. The van der Waals surface area contributed by atoms with E-state index in [1.54, 1.807) is 0 Å². The van der Waals surface area contributed by atoms with Crippen LogP contribution in [0.5, 0.6) is 0 Å². The number of carbonyl (C=O) groups is 1. The van der Waals surface area contributed by atoms with Gasteiger partial charge in [0.1, 0.15) is 12.2 Å². The summed E-state index contributed by atoms with van der Waals surface area (Å²) in [6.07, 6.45) is -1.71. The Morgan fingerprint density at radius 2 is 2.11 bits per heavy atom. The number of anilines is 1. The van der Waals surface area contributed by atoms with Crippen molar-refractivity contribution in [3.05, 3.63) is 28.7 Å². The molecule has 1 aromatic rings. The highest BCUT2D eigenvalue weighted by molar-refractivity contribution is 5.89. The van der Waals surface area contributed by atoms with Crippen molar-refractivity contribution in [2.24, 2.45) is 0 Å². The first-order valence-electron chi connectivity index (χ1n) is 5.69. The maximum atomic E-state index is 12.2. The quantitative estimate of drug-likeness (QED) is 0.881. The largest absolute Gasteiger partial charge is 0.406 e. The van der Waals surface area contributed by atoms with Gasteiger partial charge in [0.25, 0.3) is 5.56 Å². The smallest absolute Gasteiger partial charge is 0.335 e. The van der Waals surface area contributed by atoms with E-state index >= 15 is 0 Å². The standard InChI is InChI=1S/C11H12F3N3O2/c12-11(13,14)6-17-5-1-2-8(9(17)18)16-10(19)15-7-3-4-7/h1-2,5,7H,3-4,6H2,(H2,15,16,19). The molecule has 0 aromatic carbocycles. The van der Waals surface area contributed by atoms with Gasteiger partial charge in [-0.15, -0.1) is 0 Å². The molecule has 1 saturated carbocycles. The van der Waals surface area contributed by atoms with Gasteiger partial charge >= 0.3 is 12.2 Å². The summed E-state index contributed by atoms with van der Waals surface area (Å²) < 4.78 is 37.2. The molecule has 8 heteroatoms. The Kier molecular flexibility index (Phi) is 3.50. The van der Waals surface area contributed by atoms with Crippen molar-refractivity contribution < 1.29 is 18.0 Å². The van der Waals surface area contributed by atoms with Crippen LogP contribution in [0, 0.1) is 0 Å². The molecule has 0 bridgehead atoms. The highest BCUT2D eigenvalue weighted by Gasteiger charge is 2.29. The zero-order chi connectivity index (χ0) is 14.0. The van der Waals surface area contributed by atoms with Crippen LogP contribution >= 0.6 is 0 Å². The highest BCUT2D eigenvalue weighted by atomic mass is 19.4. The van der Waals surface area contributed by atoms with Gasteiger partial charge in [-0.05, 0) is 25.0 Å². The minimum Gasteiger partial charge on any atom is -0.335 e. The van der Waals surface area contributed by atoms with Crippen molar-refractivity contribution in [1.82, 2.24) is 9.88 Å². The number of aromatic nitrogens is 1. The van der Waals surface area contributed by atoms with Crippen LogP contribution in [0.2, 0.25) is 0 Å². The van der Waals surface area contributed by atoms with E-state index in [1.165, 1.54) is 12.1 Å². The summed E-state index contributed by atoms with van der Waals surface area (Å²) in [6, 6.07) is 2.06. The number of amides is 2. The molecule has 5 nitrogen and oxygen atoms in total. The number of rotatable bonds is 3. The molecule has 2 amide bonds. The first-order chi connectivity index (χ1) is 8.85. The van der Waals surface area contributed by atoms with Crippen LogP contribution in [0.3, 0.4) is 0 Å². The Morgan fingerprint density at radius 3 is 2.68 bits per heavy atom. The first kappa shape index (κ1) is 13.4. The molecule has 104 valence electrons. The van der Waals surface area contributed by atoms with Crippen LogP contribution in [0.15, 0.2) is 23.1 Å². The van der Waals surface area contributed by atoms with E-state index < -0.39 is 24.3 Å². The molecule has 0 unspecified atom stereocenters. The summed E-state index contributed by atoms with van der Waals surface area (Å²) in [5, 5.41) is 4.83. The van der Waals surface area contributed by atoms with Gasteiger partial charge in [0.2, 0.25) is 0 Å². The van der Waals surface area contributed by atoms with Crippen LogP contribution in [-0.4, -0.2) is 22.8 Å². The number of hydrogen-bond donors (Lipinski definition) is 2. The van der Waals surface area contributed by atoms with Gasteiger partial charge in [-0.3, -0.25) is 4.79 Å². The SMILES string of the molecule is O=C(Nc1cccn(CC(F)(F)F)c1=O)NC1CC1. The fourth-order valence-electron chi connectivity index (χ4n) is 1.52. The number of pyridine rings is 1. The lowest BCUT2D eigenvalue weighted by Crippen LogP contribution is -2.35. The van der Waals surface area contributed by atoms with Crippen LogP contribution in [-0.2, 0) is 6.54 Å². The topological polar surface area (TPSA) is 63.1 Å².